The first-order chi connectivity index (χ1) is 27.1. The molecule has 4 N–H and O–H groups in total. The molecular weight excluding hydrogens is 711 g/mol. The Morgan fingerprint density at radius 1 is 0.964 bits per heavy atom. The second kappa shape index (κ2) is 14.6. The maximum atomic E-state index is 13.4. The van der Waals surface area contributed by atoms with Crippen molar-refractivity contribution in [3.05, 3.63) is 83.3 Å². The highest BCUT2D eigenvalue weighted by atomic mass is 16.5. The summed E-state index contributed by atoms with van der Waals surface area (Å²) in [6, 6.07) is 13.1. The third-order valence-corrected chi connectivity index (χ3v) is 12.7. The molecule has 3 aromatic rings. The normalized spacial score (nSPS) is 24.0. The molecule has 4 amide bonds. The zero-order valence-electron chi connectivity index (χ0n) is 31.7. The van der Waals surface area contributed by atoms with Crippen LogP contribution in [-0.2, 0) is 9.53 Å². The minimum absolute atomic E-state index is 0.124. The van der Waals surface area contributed by atoms with E-state index in [0.29, 0.717) is 47.3 Å². The van der Waals surface area contributed by atoms with Gasteiger partial charge in [-0.05, 0) is 106 Å². The van der Waals surface area contributed by atoms with Gasteiger partial charge in [0, 0.05) is 55.2 Å². The summed E-state index contributed by atoms with van der Waals surface area (Å²) in [5.41, 5.74) is 10.4. The van der Waals surface area contributed by atoms with Crippen molar-refractivity contribution < 1.29 is 23.9 Å². The molecule has 1 unspecified atom stereocenters. The highest BCUT2D eigenvalue weighted by Gasteiger charge is 2.45. The number of carbonyl (C=O) groups excluding carboxylic acids is 4. The largest absolute Gasteiger partial charge is 0.380 e. The van der Waals surface area contributed by atoms with Gasteiger partial charge in [-0.1, -0.05) is 18.7 Å². The highest BCUT2D eigenvalue weighted by Crippen LogP contribution is 2.39. The van der Waals surface area contributed by atoms with Crippen LogP contribution in [-0.4, -0.2) is 108 Å². The molecule has 14 heteroatoms. The van der Waals surface area contributed by atoms with Gasteiger partial charge in [-0.25, -0.2) is 9.97 Å². The molecule has 7 heterocycles. The molecule has 6 aliphatic heterocycles. The quantitative estimate of drug-likeness (QED) is 0.270. The van der Waals surface area contributed by atoms with Crippen molar-refractivity contribution in [1.29, 1.82) is 0 Å². The maximum absolute atomic E-state index is 13.4. The van der Waals surface area contributed by atoms with Crippen molar-refractivity contribution in [2.24, 2.45) is 17.1 Å². The van der Waals surface area contributed by atoms with Gasteiger partial charge in [0.2, 0.25) is 5.91 Å². The molecule has 2 atom stereocenters. The fourth-order valence-electron chi connectivity index (χ4n) is 9.57. The Kier molecular flexibility index (Phi) is 9.48. The van der Waals surface area contributed by atoms with Gasteiger partial charge in [-0.15, -0.1) is 0 Å². The van der Waals surface area contributed by atoms with Crippen LogP contribution in [0.3, 0.4) is 0 Å². The number of piperidine rings is 3. The summed E-state index contributed by atoms with van der Waals surface area (Å²) in [6.07, 6.45) is 8.02. The lowest BCUT2D eigenvalue weighted by Crippen LogP contribution is -2.54. The Labute approximate surface area is 326 Å². The van der Waals surface area contributed by atoms with E-state index in [1.54, 1.807) is 12.3 Å². The SMILES string of the molecule is C=C1CCC(N2C(=O)c3ccc(N4CC[C@H](CN5CCC(c6ccc(Nc7nc(N8CCCC9(COC9)C8)cnc7C(N)=O)cc6)CC5)C4)cc3C2=O)C(=O)N1. The van der Waals surface area contributed by atoms with E-state index in [1.165, 1.54) is 5.56 Å². The summed E-state index contributed by atoms with van der Waals surface area (Å²) in [4.78, 5) is 69.0. The van der Waals surface area contributed by atoms with Crippen LogP contribution in [0.1, 0.15) is 87.6 Å². The van der Waals surface area contributed by atoms with Crippen molar-refractivity contribution in [2.75, 3.05) is 74.1 Å². The molecule has 0 aliphatic carbocycles. The van der Waals surface area contributed by atoms with Crippen LogP contribution in [0.5, 0.6) is 0 Å². The Balaban J connectivity index is 0.774. The molecule has 2 aromatic carbocycles. The molecule has 56 heavy (non-hydrogen) atoms. The Morgan fingerprint density at radius 3 is 2.48 bits per heavy atom. The molecule has 14 nitrogen and oxygen atoms in total. The first kappa shape index (κ1) is 36.3. The topological polar surface area (TPSA) is 166 Å². The molecular formula is C42H49N9O5. The fourth-order valence-corrected chi connectivity index (χ4v) is 9.57. The molecule has 0 radical (unpaired) electrons. The van der Waals surface area contributed by atoms with Gasteiger partial charge >= 0.3 is 0 Å². The number of nitrogens with one attached hydrogen (secondary N) is 2. The predicted octanol–water partition coefficient (Wildman–Crippen LogP) is 4.03. The van der Waals surface area contributed by atoms with Crippen molar-refractivity contribution >= 4 is 46.6 Å². The van der Waals surface area contributed by atoms with Crippen LogP contribution in [0.2, 0.25) is 0 Å². The van der Waals surface area contributed by atoms with Crippen LogP contribution in [0.15, 0.2) is 60.9 Å². The van der Waals surface area contributed by atoms with Crippen molar-refractivity contribution in [3.63, 3.8) is 0 Å². The van der Waals surface area contributed by atoms with E-state index in [1.807, 2.05) is 24.3 Å². The van der Waals surface area contributed by atoms with Gasteiger partial charge < -0.3 is 35.8 Å². The van der Waals surface area contributed by atoms with E-state index in [0.717, 1.165) is 113 Å². The van der Waals surface area contributed by atoms with Gasteiger partial charge in [0.15, 0.2) is 11.5 Å². The number of hydrogen-bond donors (Lipinski definition) is 3. The lowest BCUT2D eigenvalue weighted by molar-refractivity contribution is -0.125. The lowest BCUT2D eigenvalue weighted by Gasteiger charge is -2.48. The molecule has 0 saturated carbocycles. The van der Waals surface area contributed by atoms with Gasteiger partial charge in [-0.2, -0.15) is 0 Å². The molecule has 1 aromatic heterocycles. The molecule has 1 spiro atoms. The summed E-state index contributed by atoms with van der Waals surface area (Å²) < 4.78 is 5.52. The zero-order chi connectivity index (χ0) is 38.6. The Morgan fingerprint density at radius 2 is 1.75 bits per heavy atom. The van der Waals surface area contributed by atoms with E-state index in [-0.39, 0.29) is 17.0 Å². The number of benzene rings is 2. The Bertz CT molecular complexity index is 2080. The van der Waals surface area contributed by atoms with Crippen LogP contribution in [0, 0.1) is 11.3 Å². The van der Waals surface area contributed by atoms with E-state index < -0.39 is 23.8 Å². The number of fused-ring (bicyclic) bond motifs is 1. The average Bonchev–Trinajstić information content (AvgIpc) is 3.76. The van der Waals surface area contributed by atoms with Crippen molar-refractivity contribution in [3.8, 4) is 0 Å². The van der Waals surface area contributed by atoms with Crippen LogP contribution >= 0.6 is 0 Å². The van der Waals surface area contributed by atoms with Gasteiger partial charge in [-0.3, -0.25) is 24.1 Å². The summed E-state index contributed by atoms with van der Waals surface area (Å²) in [7, 11) is 0. The highest BCUT2D eigenvalue weighted by molar-refractivity contribution is 6.23. The predicted molar refractivity (Wildman–Crippen MR) is 211 cm³/mol. The third kappa shape index (κ3) is 6.89. The average molecular weight is 760 g/mol. The number of nitrogens with zero attached hydrogens (tertiary/aromatic N) is 6. The number of carbonyl (C=O) groups is 4. The first-order valence-corrected chi connectivity index (χ1v) is 20.0. The molecule has 5 fully saturated rings. The number of primary amides is 1. The minimum Gasteiger partial charge on any atom is -0.380 e. The number of amides is 4. The van der Waals surface area contributed by atoms with Crippen LogP contribution < -0.4 is 26.2 Å². The number of rotatable bonds is 9. The van der Waals surface area contributed by atoms with Crippen molar-refractivity contribution in [1.82, 2.24) is 25.1 Å². The second-order valence-corrected chi connectivity index (χ2v) is 16.6. The lowest BCUT2D eigenvalue weighted by atomic mass is 9.78. The van der Waals surface area contributed by atoms with Crippen LogP contribution in [0.25, 0.3) is 0 Å². The first-order valence-electron chi connectivity index (χ1n) is 20.0. The third-order valence-electron chi connectivity index (χ3n) is 12.7. The standard InChI is InChI=1S/C42H49N9O5/c1-26-3-10-34(39(53)45-26)51-40(54)32-9-8-31(19-33(32)41(51)55)49-18-11-27(22-49)21-48-16-12-29(13-17-48)28-4-6-30(7-5-28)46-38-36(37(43)52)44-20-35(47-38)50-15-2-14-42(23-50)24-56-25-42/h4-9,19-20,27,29,34H,1-3,10-18,21-25H2,(H2,43,52)(H,45,53)(H,46,47)/t27-,34?/m1/s1. The number of aromatic nitrogens is 2. The molecule has 0 bridgehead atoms. The number of likely N-dealkylation sites (tertiary alicyclic amines) is 1. The molecule has 5 saturated heterocycles. The second-order valence-electron chi connectivity index (χ2n) is 16.6. The molecule has 9 rings (SSSR count). The van der Waals surface area contributed by atoms with Crippen LogP contribution in [0.4, 0.5) is 23.0 Å². The van der Waals surface area contributed by atoms with Gasteiger partial charge in [0.05, 0.1) is 30.5 Å². The minimum atomic E-state index is -0.810. The maximum Gasteiger partial charge on any atom is 0.271 e. The summed E-state index contributed by atoms with van der Waals surface area (Å²) in [5.74, 6) is 0.312. The van der Waals surface area contributed by atoms with E-state index >= 15 is 0 Å². The number of nitrogens with two attached hydrogens (primary N) is 1. The molecule has 292 valence electrons. The summed E-state index contributed by atoms with van der Waals surface area (Å²) in [5, 5.41) is 6.01. The summed E-state index contributed by atoms with van der Waals surface area (Å²) >= 11 is 0. The number of ether oxygens (including phenoxy) is 1. The molecule has 6 aliphatic rings. The van der Waals surface area contributed by atoms with E-state index in [4.69, 9.17) is 15.5 Å². The van der Waals surface area contributed by atoms with Gasteiger partial charge in [0.1, 0.15) is 11.9 Å². The van der Waals surface area contributed by atoms with E-state index in [2.05, 4.69) is 49.0 Å². The number of allylic oxidation sites excluding steroid dienone is 1. The zero-order valence-corrected chi connectivity index (χ0v) is 31.7. The van der Waals surface area contributed by atoms with Gasteiger partial charge in [0.25, 0.3) is 17.7 Å². The smallest absolute Gasteiger partial charge is 0.271 e. The van der Waals surface area contributed by atoms with E-state index in [9.17, 15) is 19.2 Å². The van der Waals surface area contributed by atoms with Crippen molar-refractivity contribution in [2.45, 2.75) is 56.9 Å². The fraction of sp³-hybridized carbons (Fsp3) is 0.476. The number of hydrogen-bond acceptors (Lipinski definition) is 11. The monoisotopic (exact) mass is 759 g/mol. The summed E-state index contributed by atoms with van der Waals surface area (Å²) in [6.45, 7) is 12.0. The number of anilines is 4. The number of imide groups is 1. The Hall–Kier alpha value is -5.34.